The molecule has 0 N–H and O–H groups in total. The molecular weight excluding hydrogens is 277 g/mol. The summed E-state index contributed by atoms with van der Waals surface area (Å²) in [5, 5.41) is 0. The van der Waals surface area contributed by atoms with E-state index in [4.69, 9.17) is 0 Å². The molecule has 0 unspecified atom stereocenters. The zero-order valence-corrected chi connectivity index (χ0v) is 14.3. The van der Waals surface area contributed by atoms with Gasteiger partial charge in [-0.25, -0.2) is 0 Å². The summed E-state index contributed by atoms with van der Waals surface area (Å²) < 4.78 is 0. The maximum atomic E-state index is 4.19. The van der Waals surface area contributed by atoms with Gasteiger partial charge in [-0.15, -0.1) is 0 Å². The molecule has 1 nitrogen and oxygen atoms in total. The zero-order chi connectivity index (χ0) is 15.8. The molecule has 2 aliphatic heterocycles. The van der Waals surface area contributed by atoms with Crippen LogP contribution in [-0.2, 0) is 6.42 Å². The molecule has 3 aliphatic rings. The van der Waals surface area contributed by atoms with Gasteiger partial charge in [0.15, 0.2) is 0 Å². The number of nitrogens with zero attached hydrogens (tertiary/aromatic N) is 1. The summed E-state index contributed by atoms with van der Waals surface area (Å²) in [7, 11) is 0. The molecule has 0 radical (unpaired) electrons. The van der Waals surface area contributed by atoms with Gasteiger partial charge in [0.1, 0.15) is 0 Å². The van der Waals surface area contributed by atoms with Gasteiger partial charge in [0, 0.05) is 0 Å². The Morgan fingerprint density at radius 3 is 2.78 bits per heavy atom. The quantitative estimate of drug-likeness (QED) is 0.761. The van der Waals surface area contributed by atoms with E-state index < -0.39 is 0 Å². The number of hydrogen-bond donors (Lipinski definition) is 0. The van der Waals surface area contributed by atoms with Crippen LogP contribution in [0.15, 0.2) is 36.4 Å². The molecule has 1 aromatic rings. The van der Waals surface area contributed by atoms with E-state index in [2.05, 4.69) is 49.6 Å². The number of fused-ring (bicyclic) bond motifs is 1. The van der Waals surface area contributed by atoms with Crippen molar-refractivity contribution < 1.29 is 0 Å². The van der Waals surface area contributed by atoms with Gasteiger partial charge >= 0.3 is 134 Å². The number of aryl methyl sites for hydroxylation is 1. The molecule has 0 bridgehead atoms. The number of hydrogen-bond acceptors (Lipinski definition) is 1. The van der Waals surface area contributed by atoms with Crippen molar-refractivity contribution in [1.29, 1.82) is 0 Å². The molecule has 2 heteroatoms. The van der Waals surface area contributed by atoms with Crippen molar-refractivity contribution in [2.45, 2.75) is 44.8 Å². The van der Waals surface area contributed by atoms with Crippen LogP contribution in [-0.4, -0.2) is 36.9 Å². The van der Waals surface area contributed by atoms with Crippen LogP contribution in [0.4, 0.5) is 0 Å². The van der Waals surface area contributed by atoms with Crippen LogP contribution in [0, 0.1) is 0 Å². The summed E-state index contributed by atoms with van der Waals surface area (Å²) in [6, 6.07) is 7.16. The van der Waals surface area contributed by atoms with Gasteiger partial charge in [-0.2, -0.15) is 0 Å². The summed E-state index contributed by atoms with van der Waals surface area (Å²) in [5.74, 6) is 0.753. The Hall–Kier alpha value is -1.41. The van der Waals surface area contributed by atoms with E-state index in [1.54, 1.807) is 11.1 Å². The fraction of sp³-hybridized carbons (Fsp3) is 0.476. The standard InChI is InChI=1S/C21H26BN/c1-15-3-4-20-12-19(5-6-21(15)20)18-7-9-23(10-8-18)14-17-11-16(2)22-13-17/h5-6,11-12,18H,1,3-4,7-10,13-14H2,2H3. The number of benzene rings is 1. The maximum absolute atomic E-state index is 4.19. The Balaban J connectivity index is 1.36. The summed E-state index contributed by atoms with van der Waals surface area (Å²) in [6.07, 6.45) is 8.50. The van der Waals surface area contributed by atoms with E-state index in [1.165, 1.54) is 67.4 Å². The summed E-state index contributed by atoms with van der Waals surface area (Å²) >= 11 is 0. The van der Waals surface area contributed by atoms with Crippen molar-refractivity contribution in [3.05, 3.63) is 53.1 Å². The molecule has 1 saturated heterocycles. The van der Waals surface area contributed by atoms with Crippen LogP contribution in [0.3, 0.4) is 0 Å². The van der Waals surface area contributed by atoms with Crippen molar-refractivity contribution in [3.8, 4) is 0 Å². The average molecular weight is 303 g/mol. The summed E-state index contributed by atoms with van der Waals surface area (Å²) in [5.41, 5.74) is 8.88. The van der Waals surface area contributed by atoms with Gasteiger partial charge < -0.3 is 0 Å². The summed E-state index contributed by atoms with van der Waals surface area (Å²) in [4.78, 5) is 2.64. The molecule has 0 saturated carbocycles. The predicted octanol–water partition coefficient (Wildman–Crippen LogP) is 4.08. The second-order valence-electron chi connectivity index (χ2n) is 7.53. The Bertz CT molecular complexity index is 690. The van der Waals surface area contributed by atoms with Gasteiger partial charge in [0.05, 0.1) is 0 Å². The van der Waals surface area contributed by atoms with Crippen LogP contribution < -0.4 is 0 Å². The van der Waals surface area contributed by atoms with Crippen molar-refractivity contribution in [1.82, 2.24) is 4.90 Å². The molecule has 0 aromatic heterocycles. The van der Waals surface area contributed by atoms with Gasteiger partial charge in [0.25, 0.3) is 0 Å². The van der Waals surface area contributed by atoms with Crippen molar-refractivity contribution >= 4 is 18.0 Å². The SMILES string of the molecule is C=C1CCc2cc(C3CCN(CC4=CC(C)=BC4)CC3)ccc21. The first-order chi connectivity index (χ1) is 11.2. The summed E-state index contributed by atoms with van der Waals surface area (Å²) in [6.45, 7) is 12.4. The van der Waals surface area contributed by atoms with E-state index in [1.807, 2.05) is 0 Å². The predicted molar refractivity (Wildman–Crippen MR) is 102 cm³/mol. The second kappa shape index (κ2) is 6.24. The first-order valence-corrected chi connectivity index (χ1v) is 9.08. The van der Waals surface area contributed by atoms with Crippen LogP contribution in [0.1, 0.15) is 48.8 Å². The van der Waals surface area contributed by atoms with E-state index in [-0.39, 0.29) is 0 Å². The van der Waals surface area contributed by atoms with Crippen molar-refractivity contribution in [3.63, 3.8) is 0 Å². The Morgan fingerprint density at radius 2 is 2.04 bits per heavy atom. The zero-order valence-electron chi connectivity index (χ0n) is 14.3. The molecule has 1 fully saturated rings. The fourth-order valence-electron chi connectivity index (χ4n) is 4.39. The van der Waals surface area contributed by atoms with E-state index >= 15 is 0 Å². The van der Waals surface area contributed by atoms with Gasteiger partial charge in [0.2, 0.25) is 0 Å². The van der Waals surface area contributed by atoms with Gasteiger partial charge in [-0.1, -0.05) is 6.58 Å². The van der Waals surface area contributed by atoms with Gasteiger partial charge in [-0.05, 0) is 0 Å². The molecule has 2 heterocycles. The minimum atomic E-state index is 0.753. The molecular formula is C21H26BN. The molecule has 1 aromatic carbocycles. The third-order valence-corrected chi connectivity index (χ3v) is 5.81. The third-order valence-electron chi connectivity index (χ3n) is 5.81. The van der Waals surface area contributed by atoms with Crippen molar-refractivity contribution in [2.24, 2.45) is 0 Å². The number of likely N-dealkylation sites (tertiary alicyclic amines) is 1. The van der Waals surface area contributed by atoms with Crippen LogP contribution in [0.25, 0.3) is 5.57 Å². The Labute approximate surface area is 141 Å². The molecule has 0 amide bonds. The van der Waals surface area contributed by atoms with E-state index in [0.717, 1.165) is 12.3 Å². The molecule has 118 valence electrons. The number of rotatable bonds is 3. The number of allylic oxidation sites excluding steroid dienone is 2. The van der Waals surface area contributed by atoms with E-state index in [0.29, 0.717) is 0 Å². The van der Waals surface area contributed by atoms with Crippen LogP contribution >= 0.6 is 0 Å². The number of piperidine rings is 1. The monoisotopic (exact) mass is 303 g/mol. The second-order valence-corrected chi connectivity index (χ2v) is 7.53. The Kier molecular flexibility index (Phi) is 4.11. The molecule has 0 atom stereocenters. The molecule has 1 aliphatic carbocycles. The molecule has 4 rings (SSSR count). The normalized spacial score (nSPS) is 21.9. The van der Waals surface area contributed by atoms with Crippen LogP contribution in [0.5, 0.6) is 0 Å². The first kappa shape index (κ1) is 15.1. The van der Waals surface area contributed by atoms with Gasteiger partial charge in [-0.3, -0.25) is 0 Å². The minimum absolute atomic E-state index is 0.753. The fourth-order valence-corrected chi connectivity index (χ4v) is 4.39. The average Bonchev–Trinajstić information content (AvgIpc) is 3.14. The Morgan fingerprint density at radius 1 is 1.22 bits per heavy atom. The molecule has 0 spiro atoms. The van der Waals surface area contributed by atoms with Crippen LogP contribution in [0.2, 0.25) is 6.32 Å². The van der Waals surface area contributed by atoms with Crippen molar-refractivity contribution in [2.75, 3.05) is 19.6 Å². The molecule has 23 heavy (non-hydrogen) atoms. The van der Waals surface area contributed by atoms with E-state index in [9.17, 15) is 0 Å². The topological polar surface area (TPSA) is 3.24 Å². The third kappa shape index (κ3) is 3.14. The first-order valence-electron chi connectivity index (χ1n) is 9.08.